The summed E-state index contributed by atoms with van der Waals surface area (Å²) < 4.78 is 126. The number of pyridine rings is 6. The Morgan fingerprint density at radius 2 is 0.706 bits per heavy atom. The maximum absolute atomic E-state index is 14.0. The number of nitrogens with zero attached hydrogens (tertiary/aromatic N) is 13. The third-order valence-electron chi connectivity index (χ3n) is 21.9. The number of alkyl halides is 9. The van der Waals surface area contributed by atoms with E-state index < -0.39 is 52.9 Å². The number of amides is 3. The second kappa shape index (κ2) is 38.9. The summed E-state index contributed by atoms with van der Waals surface area (Å²) in [6, 6.07) is 35.3. The molecule has 15 rings (SSSR count). The Bertz CT molecular complexity index is 6400. The number of rotatable bonds is 12. The smallest absolute Gasteiger partial charge is 0.383 e. The predicted molar refractivity (Wildman–Crippen MR) is 469 cm³/mol. The Balaban J connectivity index is 0.000000162. The standard InChI is InChI=1S/C32H28F3N7O.C32H31F3N6O.C31H29F3N6O/c1-20-22(6-8-27-28-13-21(16-36)3-4-23(28)17-39-30(27)37)14-25(18-38-20)31(43)40-26-7-5-24(29(15-26)32(33,34)35)19-42-11-9-41(2)10-12-42;1-20-4-5-23-17-38-30(36)27(28(23)14-20)9-7-22-15-25(18-37-21(22)2)31(42)39-26-8-6-24(29(16-26)32(33,34)35)19-41-12-10-40(3)11-13-41;1-20-3-5-22-18-37-29(35)26(27(22)13-20)8-4-21-14-24(17-36-16-21)30(41)38-25-7-6-23(28(15-25)31(32,33)34)19-40-11-9-39(2)10-12-40/h3-5,7,13-15,17-18H,9-12,19H2,1-2H3,(H2,37,39)(H,40,43);4-6,8,14-18H,10-13,19H2,1-3H3,(H2,36,38)(H,39,42);3,5-7,13-18H,9-12,19H2,1-2H3,(H2,35,37)(H,38,41). The van der Waals surface area contributed by atoms with E-state index in [-0.39, 0.29) is 87.5 Å². The lowest BCUT2D eigenvalue weighted by Crippen LogP contribution is -2.44. The van der Waals surface area contributed by atoms with E-state index in [9.17, 15) is 59.2 Å². The minimum absolute atomic E-state index is 0.0237. The fraction of sp³-hybridized carbons (Fsp3) is 0.263. The van der Waals surface area contributed by atoms with Crippen molar-refractivity contribution in [1.29, 1.82) is 5.26 Å². The highest BCUT2D eigenvalue weighted by molar-refractivity contribution is 6.06. The van der Waals surface area contributed by atoms with Crippen LogP contribution in [0.3, 0.4) is 0 Å². The Hall–Kier alpha value is -13.9. The van der Waals surface area contributed by atoms with E-state index in [1.54, 1.807) is 56.7 Å². The Kier molecular flexibility index (Phi) is 27.7. The van der Waals surface area contributed by atoms with Gasteiger partial charge in [0.1, 0.15) is 17.5 Å². The molecule has 0 aliphatic carbocycles. The van der Waals surface area contributed by atoms with Gasteiger partial charge in [-0.2, -0.15) is 44.8 Å². The Morgan fingerprint density at radius 1 is 0.373 bits per heavy atom. The van der Waals surface area contributed by atoms with Crippen LogP contribution in [0.1, 0.15) is 126 Å². The number of hydrogen-bond acceptors (Lipinski definition) is 19. The molecule has 3 aliphatic heterocycles. The summed E-state index contributed by atoms with van der Waals surface area (Å²) in [5.41, 5.74) is 23.7. The van der Waals surface area contributed by atoms with Crippen molar-refractivity contribution in [3.8, 4) is 41.6 Å². The van der Waals surface area contributed by atoms with Gasteiger partial charge in [-0.3, -0.25) is 44.0 Å². The number of piperazine rings is 3. The lowest BCUT2D eigenvalue weighted by Gasteiger charge is -2.33. The molecule has 0 spiro atoms. The van der Waals surface area contributed by atoms with Crippen molar-refractivity contribution in [3.63, 3.8) is 0 Å². The van der Waals surface area contributed by atoms with Gasteiger partial charge in [0.25, 0.3) is 17.7 Å². The largest absolute Gasteiger partial charge is 0.416 e. The number of nitrogens with one attached hydrogen (secondary N) is 3. The highest BCUT2D eigenvalue weighted by Gasteiger charge is 2.38. The lowest BCUT2D eigenvalue weighted by molar-refractivity contribution is -0.139. The SMILES string of the molecule is Cc1ccc2cnc(N)c(C#Cc3cc(C(=O)Nc4ccc(CN5CCN(C)CC5)c(C(F)(F)F)c4)cnc3C)c2c1.Cc1ccc2cnc(N)c(C#Cc3cncc(C(=O)Nc4ccc(CN5CCN(C)CC5)c(C(F)(F)F)c4)c3)c2c1.Cc1ncc(C(=O)Nc2ccc(CN3CCN(C)CC3)c(C(F)(F)F)c2)cc1C#Cc1c(N)ncc2ccc(C#N)cc12. The van der Waals surface area contributed by atoms with E-state index in [4.69, 9.17) is 17.2 Å². The number of fused-ring (bicyclic) bond motifs is 3. The monoisotopic (exact) mass is 1710 g/mol. The summed E-state index contributed by atoms with van der Waals surface area (Å²) in [7, 11) is 5.97. The second-order valence-corrected chi connectivity index (χ2v) is 31.3. The number of hydrogen-bond donors (Lipinski definition) is 6. The molecule has 126 heavy (non-hydrogen) atoms. The fourth-order valence-electron chi connectivity index (χ4n) is 14.5. The number of halogens is 9. The van der Waals surface area contributed by atoms with Crippen molar-refractivity contribution in [2.45, 2.75) is 65.9 Å². The first-order valence-electron chi connectivity index (χ1n) is 40.2. The average Bonchev–Trinajstić information content (AvgIpc) is 0.814. The van der Waals surface area contributed by atoms with Crippen molar-refractivity contribution < 1.29 is 53.9 Å². The predicted octanol–water partition coefficient (Wildman–Crippen LogP) is 15.0. The maximum atomic E-state index is 14.0. The van der Waals surface area contributed by atoms with Gasteiger partial charge in [0.15, 0.2) is 0 Å². The lowest BCUT2D eigenvalue weighted by atomic mass is 10.0. The number of likely N-dealkylation sites (N-methyl/N-ethyl adjacent to an activating group) is 3. The molecule has 0 unspecified atom stereocenters. The molecule has 12 aromatic rings. The normalized spacial score (nSPS) is 14.3. The van der Waals surface area contributed by atoms with Gasteiger partial charge in [-0.1, -0.05) is 95.2 Å². The molecule has 31 heteroatoms. The second-order valence-electron chi connectivity index (χ2n) is 31.3. The van der Waals surface area contributed by atoms with Crippen LogP contribution in [0.2, 0.25) is 0 Å². The molecule has 6 aromatic heterocycles. The van der Waals surface area contributed by atoms with Gasteiger partial charge in [-0.25, -0.2) is 15.0 Å². The highest BCUT2D eigenvalue weighted by Crippen LogP contribution is 2.39. The third-order valence-corrected chi connectivity index (χ3v) is 21.9. The first-order valence-corrected chi connectivity index (χ1v) is 40.2. The van der Waals surface area contributed by atoms with Crippen LogP contribution >= 0.6 is 0 Å². The molecule has 3 saturated heterocycles. The number of nitrogens with two attached hydrogens (primary N) is 3. The summed E-state index contributed by atoms with van der Waals surface area (Å²) in [4.78, 5) is 76.9. The van der Waals surface area contributed by atoms with Crippen LogP contribution in [0.25, 0.3) is 32.3 Å². The van der Waals surface area contributed by atoms with E-state index in [0.717, 1.165) is 95.5 Å². The summed E-state index contributed by atoms with van der Waals surface area (Å²) in [5, 5.41) is 22.0. The first-order chi connectivity index (χ1) is 60.0. The van der Waals surface area contributed by atoms with Crippen LogP contribution in [0.5, 0.6) is 0 Å². The molecule has 0 radical (unpaired) electrons. The molecule has 3 aliphatic rings. The number of carbonyl (C=O) groups excluding carboxylic acids is 3. The number of aryl methyl sites for hydroxylation is 4. The van der Waals surface area contributed by atoms with Crippen LogP contribution in [-0.2, 0) is 38.2 Å². The number of anilines is 6. The summed E-state index contributed by atoms with van der Waals surface area (Å²) >= 11 is 0. The van der Waals surface area contributed by atoms with E-state index in [0.29, 0.717) is 95.0 Å². The quantitative estimate of drug-likeness (QED) is 0.0489. The van der Waals surface area contributed by atoms with E-state index >= 15 is 0 Å². The van der Waals surface area contributed by atoms with Gasteiger partial charge < -0.3 is 47.9 Å². The van der Waals surface area contributed by atoms with Crippen LogP contribution in [0.15, 0.2) is 171 Å². The van der Waals surface area contributed by atoms with Crippen molar-refractivity contribution >= 4 is 84.6 Å². The number of nitrogen functional groups attached to an aromatic ring is 3. The molecule has 0 saturated carbocycles. The van der Waals surface area contributed by atoms with Gasteiger partial charge >= 0.3 is 18.5 Å². The van der Waals surface area contributed by atoms with Crippen LogP contribution < -0.4 is 33.2 Å². The number of carbonyl (C=O) groups is 3. The summed E-state index contributed by atoms with van der Waals surface area (Å²) in [6.45, 7) is 16.9. The maximum Gasteiger partial charge on any atom is 0.416 e. The Labute approximate surface area is 722 Å². The van der Waals surface area contributed by atoms with E-state index in [1.165, 1.54) is 73.3 Å². The average molecular weight is 1710 g/mol. The zero-order valence-electron chi connectivity index (χ0n) is 69.9. The summed E-state index contributed by atoms with van der Waals surface area (Å²) in [5.74, 6) is 17.1. The molecular formula is C95H88F9N19O3. The molecule has 644 valence electrons. The van der Waals surface area contributed by atoms with Gasteiger partial charge in [0.05, 0.1) is 73.1 Å². The minimum Gasteiger partial charge on any atom is -0.383 e. The van der Waals surface area contributed by atoms with Crippen molar-refractivity contribution in [2.75, 3.05) is 133 Å². The van der Waals surface area contributed by atoms with Crippen LogP contribution in [0, 0.1) is 74.5 Å². The molecule has 9 N–H and O–H groups in total. The zero-order chi connectivity index (χ0) is 89.9. The molecule has 22 nitrogen and oxygen atoms in total. The van der Waals surface area contributed by atoms with Gasteiger partial charge in [-0.15, -0.1) is 0 Å². The number of aromatic nitrogens is 6. The molecule has 9 heterocycles. The number of benzene rings is 6. The van der Waals surface area contributed by atoms with E-state index in [1.807, 2.05) is 86.1 Å². The van der Waals surface area contributed by atoms with Crippen LogP contribution in [-0.4, -0.2) is 177 Å². The van der Waals surface area contributed by atoms with Crippen molar-refractivity contribution in [3.05, 3.63) is 282 Å². The molecular weight excluding hydrogens is 1630 g/mol. The highest BCUT2D eigenvalue weighted by atomic mass is 19.4. The van der Waals surface area contributed by atoms with Gasteiger partial charge in [-0.05, 0) is 144 Å². The molecule has 6 aromatic carbocycles. The minimum atomic E-state index is -4.58. The van der Waals surface area contributed by atoms with Crippen LogP contribution in [0.4, 0.5) is 74.0 Å². The summed E-state index contributed by atoms with van der Waals surface area (Å²) in [6.07, 6.45) is -3.18. The molecule has 0 bridgehead atoms. The Morgan fingerprint density at radius 3 is 1.06 bits per heavy atom. The fourth-order valence-corrected chi connectivity index (χ4v) is 14.5. The van der Waals surface area contributed by atoms with E-state index in [2.05, 4.69) is 102 Å². The van der Waals surface area contributed by atoms with Gasteiger partial charge in [0, 0.05) is 208 Å². The topological polar surface area (TPSA) is 286 Å². The zero-order valence-corrected chi connectivity index (χ0v) is 69.9. The number of nitriles is 1. The van der Waals surface area contributed by atoms with Crippen molar-refractivity contribution in [1.82, 2.24) is 59.3 Å². The first kappa shape index (κ1) is 89.9. The van der Waals surface area contributed by atoms with Gasteiger partial charge in [0.2, 0.25) is 0 Å². The molecule has 0 atom stereocenters. The molecule has 3 fully saturated rings. The van der Waals surface area contributed by atoms with Crippen molar-refractivity contribution in [2.24, 2.45) is 0 Å². The molecule has 3 amide bonds. The third kappa shape index (κ3) is 22.7.